The van der Waals surface area contributed by atoms with E-state index in [9.17, 15) is 0 Å². The fourth-order valence-electron chi connectivity index (χ4n) is 1.51. The highest BCUT2D eigenvalue weighted by atomic mass is 32.2. The molecule has 0 bridgehead atoms. The van der Waals surface area contributed by atoms with Gasteiger partial charge in [-0.05, 0) is 18.6 Å². The van der Waals surface area contributed by atoms with Gasteiger partial charge in [0.2, 0.25) is 0 Å². The van der Waals surface area contributed by atoms with E-state index in [4.69, 9.17) is 0 Å². The molecular weight excluding hydrogens is 218 g/mol. The topological polar surface area (TPSA) is 29.9 Å². The summed E-state index contributed by atoms with van der Waals surface area (Å²) >= 11 is 2.02. The van der Waals surface area contributed by atoms with Crippen LogP contribution in [0.25, 0.3) is 0 Å². The third-order valence-electron chi connectivity index (χ3n) is 2.30. The van der Waals surface area contributed by atoms with Crippen LogP contribution in [0.2, 0.25) is 0 Å². The van der Waals surface area contributed by atoms with Crippen LogP contribution in [0.1, 0.15) is 25.1 Å². The van der Waals surface area contributed by atoms with Gasteiger partial charge in [-0.25, -0.2) is 0 Å². The summed E-state index contributed by atoms with van der Waals surface area (Å²) in [6.45, 7) is 8.59. The van der Waals surface area contributed by atoms with E-state index in [0.29, 0.717) is 0 Å². The minimum absolute atomic E-state index is 0.797. The Hall–Kier alpha value is -0.480. The zero-order valence-corrected chi connectivity index (χ0v) is 11.6. The van der Waals surface area contributed by atoms with E-state index in [-0.39, 0.29) is 0 Å². The Morgan fingerprint density at radius 1 is 1.50 bits per heavy atom. The van der Waals surface area contributed by atoms with Gasteiger partial charge in [0.25, 0.3) is 0 Å². The summed E-state index contributed by atoms with van der Waals surface area (Å²) in [6.07, 6.45) is 2.09. The first-order valence-corrected chi connectivity index (χ1v) is 7.02. The predicted molar refractivity (Wildman–Crippen MR) is 71.8 cm³/mol. The SMILES string of the molecule is Cc1nn(C)cc1CNCCSCC(C)C. The Morgan fingerprint density at radius 2 is 2.25 bits per heavy atom. The quantitative estimate of drug-likeness (QED) is 0.742. The lowest BCUT2D eigenvalue weighted by atomic mass is 10.3. The van der Waals surface area contributed by atoms with E-state index in [1.807, 2.05) is 23.5 Å². The Balaban J connectivity index is 2.09. The van der Waals surface area contributed by atoms with Gasteiger partial charge in [-0.1, -0.05) is 13.8 Å². The molecule has 0 aliphatic carbocycles. The molecular formula is C12H23N3S. The molecule has 0 fully saturated rings. The van der Waals surface area contributed by atoms with Crippen molar-refractivity contribution in [2.45, 2.75) is 27.3 Å². The van der Waals surface area contributed by atoms with Crippen molar-refractivity contribution in [1.82, 2.24) is 15.1 Å². The van der Waals surface area contributed by atoms with Crippen molar-refractivity contribution >= 4 is 11.8 Å². The largest absolute Gasteiger partial charge is 0.312 e. The molecule has 3 nitrogen and oxygen atoms in total. The summed E-state index contributed by atoms with van der Waals surface area (Å²) in [6, 6.07) is 0. The van der Waals surface area contributed by atoms with Crippen molar-refractivity contribution in [2.24, 2.45) is 13.0 Å². The van der Waals surface area contributed by atoms with Gasteiger partial charge in [0.15, 0.2) is 0 Å². The second-order valence-electron chi connectivity index (χ2n) is 4.56. The number of hydrogen-bond acceptors (Lipinski definition) is 3. The Kier molecular flexibility index (Phi) is 5.91. The Bertz CT molecular complexity index is 307. The molecule has 0 aliphatic heterocycles. The number of thioether (sulfide) groups is 1. The van der Waals surface area contributed by atoms with Gasteiger partial charge in [0.1, 0.15) is 0 Å². The molecule has 1 aromatic rings. The zero-order valence-electron chi connectivity index (χ0n) is 10.8. The second kappa shape index (κ2) is 6.97. The van der Waals surface area contributed by atoms with Crippen LogP contribution in [0.4, 0.5) is 0 Å². The number of aryl methyl sites for hydroxylation is 2. The molecule has 0 amide bonds. The molecule has 0 saturated heterocycles. The van der Waals surface area contributed by atoms with Crippen molar-refractivity contribution in [2.75, 3.05) is 18.1 Å². The first-order valence-electron chi connectivity index (χ1n) is 5.87. The van der Waals surface area contributed by atoms with Crippen molar-refractivity contribution in [3.8, 4) is 0 Å². The van der Waals surface area contributed by atoms with Gasteiger partial charge in [0, 0.05) is 37.7 Å². The summed E-state index contributed by atoms with van der Waals surface area (Å²) in [5.41, 5.74) is 2.43. The average molecular weight is 241 g/mol. The maximum absolute atomic E-state index is 4.32. The van der Waals surface area contributed by atoms with Gasteiger partial charge < -0.3 is 5.32 Å². The maximum Gasteiger partial charge on any atom is 0.0638 e. The Morgan fingerprint density at radius 3 is 2.81 bits per heavy atom. The molecule has 0 spiro atoms. The first-order chi connectivity index (χ1) is 7.59. The van der Waals surface area contributed by atoms with E-state index in [0.717, 1.165) is 24.7 Å². The fraction of sp³-hybridized carbons (Fsp3) is 0.750. The highest BCUT2D eigenvalue weighted by Crippen LogP contribution is 2.07. The van der Waals surface area contributed by atoms with Crippen LogP contribution in [0.15, 0.2) is 6.20 Å². The van der Waals surface area contributed by atoms with E-state index >= 15 is 0 Å². The molecule has 0 unspecified atom stereocenters. The molecule has 1 rings (SSSR count). The van der Waals surface area contributed by atoms with Crippen molar-refractivity contribution in [1.29, 1.82) is 0 Å². The molecule has 4 heteroatoms. The lowest BCUT2D eigenvalue weighted by Crippen LogP contribution is -2.17. The summed E-state index contributed by atoms with van der Waals surface area (Å²) in [5, 5.41) is 7.78. The average Bonchev–Trinajstić information content (AvgIpc) is 2.50. The van der Waals surface area contributed by atoms with Gasteiger partial charge in [-0.3, -0.25) is 4.68 Å². The van der Waals surface area contributed by atoms with E-state index in [1.165, 1.54) is 17.1 Å². The third-order valence-corrected chi connectivity index (χ3v) is 3.70. The third kappa shape index (κ3) is 5.03. The van der Waals surface area contributed by atoms with Crippen LogP contribution in [-0.4, -0.2) is 27.8 Å². The normalized spacial score (nSPS) is 11.3. The molecule has 0 atom stereocenters. The predicted octanol–water partition coefficient (Wildman–Crippen LogP) is 2.21. The van der Waals surface area contributed by atoms with Crippen LogP contribution in [0, 0.1) is 12.8 Å². The number of nitrogens with one attached hydrogen (secondary N) is 1. The summed E-state index contributed by atoms with van der Waals surface area (Å²) in [4.78, 5) is 0. The smallest absolute Gasteiger partial charge is 0.0638 e. The van der Waals surface area contributed by atoms with Gasteiger partial charge in [0.05, 0.1) is 5.69 Å². The molecule has 0 saturated carbocycles. The molecule has 0 aromatic carbocycles. The second-order valence-corrected chi connectivity index (χ2v) is 5.71. The summed E-state index contributed by atoms with van der Waals surface area (Å²) < 4.78 is 1.87. The molecule has 92 valence electrons. The molecule has 0 radical (unpaired) electrons. The van der Waals surface area contributed by atoms with E-state index < -0.39 is 0 Å². The summed E-state index contributed by atoms with van der Waals surface area (Å²) in [5.74, 6) is 3.25. The molecule has 1 N–H and O–H groups in total. The molecule has 0 aliphatic rings. The minimum Gasteiger partial charge on any atom is -0.312 e. The first kappa shape index (κ1) is 13.6. The lowest BCUT2D eigenvalue weighted by Gasteiger charge is -2.05. The number of rotatable bonds is 7. The van der Waals surface area contributed by atoms with Gasteiger partial charge in [-0.15, -0.1) is 0 Å². The van der Waals surface area contributed by atoms with Crippen LogP contribution >= 0.6 is 11.8 Å². The fourth-order valence-corrected chi connectivity index (χ4v) is 2.44. The molecule has 16 heavy (non-hydrogen) atoms. The summed E-state index contributed by atoms with van der Waals surface area (Å²) in [7, 11) is 1.97. The van der Waals surface area contributed by atoms with Crippen LogP contribution in [0.3, 0.4) is 0 Å². The van der Waals surface area contributed by atoms with Crippen LogP contribution in [0.5, 0.6) is 0 Å². The number of aromatic nitrogens is 2. The number of hydrogen-bond donors (Lipinski definition) is 1. The van der Waals surface area contributed by atoms with Crippen LogP contribution < -0.4 is 5.32 Å². The highest BCUT2D eigenvalue weighted by molar-refractivity contribution is 7.99. The van der Waals surface area contributed by atoms with Crippen molar-refractivity contribution < 1.29 is 0 Å². The van der Waals surface area contributed by atoms with E-state index in [2.05, 4.69) is 37.4 Å². The monoisotopic (exact) mass is 241 g/mol. The number of nitrogens with zero attached hydrogens (tertiary/aromatic N) is 2. The maximum atomic E-state index is 4.32. The Labute approximate surface area is 103 Å². The van der Waals surface area contributed by atoms with Gasteiger partial charge >= 0.3 is 0 Å². The minimum atomic E-state index is 0.797. The molecule has 1 heterocycles. The molecule has 1 aromatic heterocycles. The highest BCUT2D eigenvalue weighted by Gasteiger charge is 2.01. The van der Waals surface area contributed by atoms with Crippen LogP contribution in [-0.2, 0) is 13.6 Å². The van der Waals surface area contributed by atoms with Crippen molar-refractivity contribution in [3.63, 3.8) is 0 Å². The lowest BCUT2D eigenvalue weighted by molar-refractivity contribution is 0.722. The zero-order chi connectivity index (χ0) is 12.0. The van der Waals surface area contributed by atoms with Crippen molar-refractivity contribution in [3.05, 3.63) is 17.5 Å². The standard InChI is InChI=1S/C12H23N3S/c1-10(2)9-16-6-5-13-7-12-8-15(4)14-11(12)3/h8,10,13H,5-7,9H2,1-4H3. The van der Waals surface area contributed by atoms with E-state index in [1.54, 1.807) is 0 Å². The van der Waals surface area contributed by atoms with Gasteiger partial charge in [-0.2, -0.15) is 16.9 Å².